The van der Waals surface area contributed by atoms with Crippen LogP contribution in [0.15, 0.2) is 64.3 Å². The summed E-state index contributed by atoms with van der Waals surface area (Å²) in [6.07, 6.45) is 1.47. The van der Waals surface area contributed by atoms with Crippen LogP contribution in [0, 0.1) is 18.6 Å². The monoisotopic (exact) mass is 603 g/mol. The lowest BCUT2D eigenvalue weighted by atomic mass is 9.94. The first-order chi connectivity index (χ1) is 21.0. The molecular formula is C32H31F2N5O5. The van der Waals surface area contributed by atoms with Gasteiger partial charge in [0.05, 0.1) is 7.11 Å². The maximum absolute atomic E-state index is 16.1. The average Bonchev–Trinajstić information content (AvgIpc) is 3.43. The number of carbonyl (C=O) groups is 2. The summed E-state index contributed by atoms with van der Waals surface area (Å²) in [5.41, 5.74) is 0.716. The summed E-state index contributed by atoms with van der Waals surface area (Å²) in [5, 5.41) is 8.57. The Balaban J connectivity index is 1.46. The highest BCUT2D eigenvalue weighted by atomic mass is 19.1. The first-order valence-corrected chi connectivity index (χ1v) is 13.8. The molecular weight excluding hydrogens is 572 g/mol. The number of aromatic nitrogens is 2. The highest BCUT2D eigenvalue weighted by Crippen LogP contribution is 2.37. The molecule has 0 radical (unpaired) electrons. The van der Waals surface area contributed by atoms with Crippen molar-refractivity contribution in [3.63, 3.8) is 0 Å². The molecule has 1 aliphatic heterocycles. The molecule has 0 unspecified atom stereocenters. The normalized spacial score (nSPS) is 14.4. The lowest BCUT2D eigenvalue weighted by molar-refractivity contribution is -0.119. The first kappa shape index (κ1) is 30.4. The van der Waals surface area contributed by atoms with E-state index in [-0.39, 0.29) is 52.1 Å². The third-order valence-electron chi connectivity index (χ3n) is 7.79. The second-order valence-electron chi connectivity index (χ2n) is 10.6. The Labute approximate surface area is 251 Å². The van der Waals surface area contributed by atoms with Gasteiger partial charge in [-0.15, -0.1) is 0 Å². The van der Waals surface area contributed by atoms with E-state index in [9.17, 15) is 19.2 Å². The van der Waals surface area contributed by atoms with Gasteiger partial charge in [-0.3, -0.25) is 19.0 Å². The average molecular weight is 604 g/mol. The minimum atomic E-state index is -0.742. The smallest absolute Gasteiger partial charge is 0.330 e. The Morgan fingerprint density at radius 1 is 1.05 bits per heavy atom. The topological polar surface area (TPSA) is 123 Å². The third-order valence-corrected chi connectivity index (χ3v) is 7.79. The van der Waals surface area contributed by atoms with E-state index in [1.165, 1.54) is 39.5 Å². The summed E-state index contributed by atoms with van der Waals surface area (Å²) in [7, 11) is 4.12. The summed E-state index contributed by atoms with van der Waals surface area (Å²) in [5.74, 6) is -1.74. The van der Waals surface area contributed by atoms with Gasteiger partial charge in [-0.2, -0.15) is 0 Å². The lowest BCUT2D eigenvalue weighted by Gasteiger charge is -2.17. The van der Waals surface area contributed by atoms with Crippen LogP contribution in [0.2, 0.25) is 0 Å². The summed E-state index contributed by atoms with van der Waals surface area (Å²) in [4.78, 5) is 49.1. The molecule has 3 N–H and O–H groups in total. The van der Waals surface area contributed by atoms with E-state index in [4.69, 9.17) is 4.74 Å². The van der Waals surface area contributed by atoms with Crippen LogP contribution in [0.5, 0.6) is 5.75 Å². The molecule has 0 aliphatic carbocycles. The molecule has 0 spiro atoms. The Bertz CT molecular complexity index is 1920. The van der Waals surface area contributed by atoms with Gasteiger partial charge in [0.2, 0.25) is 5.91 Å². The molecule has 2 heterocycles. The van der Waals surface area contributed by atoms with Crippen molar-refractivity contribution in [3.05, 3.63) is 104 Å². The second-order valence-corrected chi connectivity index (χ2v) is 10.6. The van der Waals surface area contributed by atoms with Crippen molar-refractivity contribution < 1.29 is 23.1 Å². The highest BCUT2D eigenvalue weighted by molar-refractivity contribution is 6.04. The van der Waals surface area contributed by atoms with Crippen LogP contribution in [-0.2, 0) is 25.4 Å². The van der Waals surface area contributed by atoms with E-state index in [2.05, 4.69) is 16.0 Å². The number of rotatable bonds is 8. The van der Waals surface area contributed by atoms with Crippen molar-refractivity contribution in [2.24, 2.45) is 14.1 Å². The van der Waals surface area contributed by atoms with E-state index in [0.29, 0.717) is 29.8 Å². The molecule has 1 fully saturated rings. The van der Waals surface area contributed by atoms with Gasteiger partial charge in [0, 0.05) is 68.2 Å². The number of halogens is 2. The number of hydrogen-bond donors (Lipinski definition) is 3. The largest absolute Gasteiger partial charge is 0.496 e. The maximum Gasteiger partial charge on any atom is 0.330 e. The molecule has 12 heteroatoms. The number of aryl methyl sites for hydroxylation is 1. The number of anilines is 1. The number of nitrogens with one attached hydrogen (secondary N) is 3. The summed E-state index contributed by atoms with van der Waals surface area (Å²) < 4.78 is 38.9. The Hall–Kier alpha value is -5.10. The quantitative estimate of drug-likeness (QED) is 0.284. The van der Waals surface area contributed by atoms with Gasteiger partial charge >= 0.3 is 5.69 Å². The summed E-state index contributed by atoms with van der Waals surface area (Å²) >= 11 is 0. The van der Waals surface area contributed by atoms with Crippen LogP contribution in [0.1, 0.15) is 27.9 Å². The number of carbonyl (C=O) groups excluding carboxylic acids is 2. The van der Waals surface area contributed by atoms with Crippen molar-refractivity contribution in [2.45, 2.75) is 25.9 Å². The van der Waals surface area contributed by atoms with Crippen LogP contribution in [0.3, 0.4) is 0 Å². The second kappa shape index (κ2) is 12.3. The molecule has 228 valence electrons. The summed E-state index contributed by atoms with van der Waals surface area (Å²) in [6.45, 7) is 2.28. The molecule has 44 heavy (non-hydrogen) atoms. The predicted octanol–water partition coefficient (Wildman–Crippen LogP) is 3.24. The minimum absolute atomic E-state index is 0.0705. The number of methoxy groups -OCH3 is 1. The zero-order valence-corrected chi connectivity index (χ0v) is 24.6. The summed E-state index contributed by atoms with van der Waals surface area (Å²) in [6, 6.07) is 12.4. The highest BCUT2D eigenvalue weighted by Gasteiger charge is 2.23. The fourth-order valence-corrected chi connectivity index (χ4v) is 5.30. The number of amides is 2. The van der Waals surface area contributed by atoms with Gasteiger partial charge in [0.15, 0.2) is 0 Å². The fraction of sp³-hybridized carbons (Fsp3) is 0.250. The van der Waals surface area contributed by atoms with E-state index in [1.807, 2.05) is 0 Å². The molecule has 0 saturated carbocycles. The standard InChI is InChI=1S/C32H31F2N5O5/c1-17-20(7-6-10-26(17)37-30(41)24-16-38(2)32(43)39(3)31(24)42)22-9-5-8-21(29(22)34)18-11-25(33)23(27(12-18)44-4)15-35-19-13-28(40)36-14-19/h5-12,16,19,35H,13-15H2,1-4H3,(H,36,40)(H,37,41)/t19-/m0/s1. The predicted molar refractivity (Wildman–Crippen MR) is 162 cm³/mol. The number of ether oxygens (including phenoxy) is 1. The molecule has 2 amide bonds. The van der Waals surface area contributed by atoms with Crippen molar-refractivity contribution >= 4 is 17.5 Å². The maximum atomic E-state index is 16.1. The van der Waals surface area contributed by atoms with Gasteiger partial charge in [-0.1, -0.05) is 30.3 Å². The molecule has 1 atom stereocenters. The van der Waals surface area contributed by atoms with E-state index in [1.54, 1.807) is 43.3 Å². The number of hydrogen-bond acceptors (Lipinski definition) is 6. The molecule has 4 aromatic rings. The first-order valence-electron chi connectivity index (χ1n) is 13.8. The van der Waals surface area contributed by atoms with E-state index < -0.39 is 28.8 Å². The fourth-order valence-electron chi connectivity index (χ4n) is 5.30. The molecule has 1 aromatic heterocycles. The SMILES string of the molecule is COc1cc(-c2cccc(-c3cccc(NC(=O)c4cn(C)c(=O)n(C)c4=O)c3C)c2F)cc(F)c1CN[C@@H]1CNC(=O)C1. The zero-order chi connectivity index (χ0) is 31.7. The molecule has 5 rings (SSSR count). The van der Waals surface area contributed by atoms with Crippen molar-refractivity contribution in [1.82, 2.24) is 19.8 Å². The van der Waals surface area contributed by atoms with Crippen molar-refractivity contribution in [3.8, 4) is 28.0 Å². The molecule has 10 nitrogen and oxygen atoms in total. The van der Waals surface area contributed by atoms with Crippen molar-refractivity contribution in [2.75, 3.05) is 19.0 Å². The Morgan fingerprint density at radius 2 is 1.75 bits per heavy atom. The van der Waals surface area contributed by atoms with Gasteiger partial charge in [0.25, 0.3) is 11.5 Å². The molecule has 3 aromatic carbocycles. The van der Waals surface area contributed by atoms with Crippen LogP contribution in [0.4, 0.5) is 14.5 Å². The molecule has 1 saturated heterocycles. The van der Waals surface area contributed by atoms with E-state index >= 15 is 8.78 Å². The van der Waals surface area contributed by atoms with Crippen LogP contribution >= 0.6 is 0 Å². The number of nitrogens with zero attached hydrogens (tertiary/aromatic N) is 2. The van der Waals surface area contributed by atoms with Gasteiger partial charge in [-0.25, -0.2) is 13.6 Å². The Kier molecular flexibility index (Phi) is 8.45. The lowest BCUT2D eigenvalue weighted by Crippen LogP contribution is -2.40. The van der Waals surface area contributed by atoms with Crippen LogP contribution in [-0.4, -0.2) is 40.6 Å². The third kappa shape index (κ3) is 5.76. The molecule has 1 aliphatic rings. The van der Waals surface area contributed by atoms with E-state index in [0.717, 1.165) is 9.13 Å². The number of benzene rings is 3. The zero-order valence-electron chi connectivity index (χ0n) is 24.6. The van der Waals surface area contributed by atoms with Gasteiger partial charge in [-0.05, 0) is 41.8 Å². The van der Waals surface area contributed by atoms with Gasteiger partial charge < -0.3 is 25.3 Å². The van der Waals surface area contributed by atoms with Crippen molar-refractivity contribution in [1.29, 1.82) is 0 Å². The minimum Gasteiger partial charge on any atom is -0.496 e. The Morgan fingerprint density at radius 3 is 2.45 bits per heavy atom. The molecule has 0 bridgehead atoms. The van der Waals surface area contributed by atoms with Crippen LogP contribution in [0.25, 0.3) is 22.3 Å². The van der Waals surface area contributed by atoms with Gasteiger partial charge in [0.1, 0.15) is 22.9 Å². The van der Waals surface area contributed by atoms with Crippen LogP contribution < -0.4 is 31.9 Å².